The molecule has 8 heteroatoms. The van der Waals surface area contributed by atoms with E-state index in [2.05, 4.69) is 4.72 Å². The fraction of sp³-hybridized carbons (Fsp3) is 0.231. The number of primary amides is 1. The Morgan fingerprint density at radius 1 is 1.38 bits per heavy atom. The fourth-order valence-corrected chi connectivity index (χ4v) is 2.87. The Bertz CT molecular complexity index is 680. The number of aliphatic carboxylic acids is 1. The second-order valence-electron chi connectivity index (χ2n) is 4.31. The molecule has 0 aromatic heterocycles. The van der Waals surface area contributed by atoms with E-state index in [1.165, 1.54) is 12.1 Å². The molecule has 0 saturated heterocycles. The highest BCUT2D eigenvalue weighted by atomic mass is 32.2. The molecule has 7 nitrogen and oxygen atoms in total. The van der Waals surface area contributed by atoms with Gasteiger partial charge < -0.3 is 10.8 Å². The quantitative estimate of drug-likeness (QED) is 0.622. The first kappa shape index (κ1) is 16.9. The number of rotatable bonds is 7. The smallest absolute Gasteiger partial charge is 0.328 e. The van der Waals surface area contributed by atoms with Crippen molar-refractivity contribution in [3.05, 3.63) is 35.4 Å². The maximum Gasteiger partial charge on any atom is 0.328 e. The Hall–Kier alpha value is -2.19. The highest BCUT2D eigenvalue weighted by Crippen LogP contribution is 2.18. The zero-order chi connectivity index (χ0) is 16.0. The molecule has 0 fully saturated rings. The highest BCUT2D eigenvalue weighted by molar-refractivity contribution is 7.89. The van der Waals surface area contributed by atoms with Crippen molar-refractivity contribution in [1.29, 1.82) is 0 Å². The molecule has 1 rings (SSSR count). The van der Waals surface area contributed by atoms with Gasteiger partial charge in [0.05, 0.1) is 4.90 Å². The number of carbonyl (C=O) groups is 2. The fourth-order valence-electron chi connectivity index (χ4n) is 1.56. The van der Waals surface area contributed by atoms with Crippen LogP contribution in [0.25, 0.3) is 6.08 Å². The van der Waals surface area contributed by atoms with Crippen LogP contribution in [0.5, 0.6) is 0 Å². The van der Waals surface area contributed by atoms with Crippen molar-refractivity contribution in [2.75, 3.05) is 6.54 Å². The van der Waals surface area contributed by atoms with Gasteiger partial charge >= 0.3 is 5.97 Å². The first-order valence-corrected chi connectivity index (χ1v) is 7.50. The van der Waals surface area contributed by atoms with Crippen LogP contribution in [0.1, 0.15) is 17.5 Å². The van der Waals surface area contributed by atoms with Gasteiger partial charge in [0.2, 0.25) is 15.9 Å². The molecule has 0 unspecified atom stereocenters. The van der Waals surface area contributed by atoms with Crippen LogP contribution in [-0.4, -0.2) is 31.9 Å². The second kappa shape index (κ2) is 7.00. The number of nitrogens with two attached hydrogens (primary N) is 1. The summed E-state index contributed by atoms with van der Waals surface area (Å²) in [6.45, 7) is 1.53. The predicted octanol–water partition coefficient (Wildman–Crippen LogP) is 0.247. The first-order chi connectivity index (χ1) is 9.72. The van der Waals surface area contributed by atoms with Crippen molar-refractivity contribution >= 4 is 28.0 Å². The summed E-state index contributed by atoms with van der Waals surface area (Å²) in [7, 11) is -3.79. The number of carboxylic acid groups (broad SMARTS) is 1. The summed E-state index contributed by atoms with van der Waals surface area (Å²) >= 11 is 0. The number of carboxylic acids is 1. The molecule has 21 heavy (non-hydrogen) atoms. The predicted molar refractivity (Wildman–Crippen MR) is 76.8 cm³/mol. The second-order valence-corrected chi connectivity index (χ2v) is 6.05. The summed E-state index contributed by atoms with van der Waals surface area (Å²) in [5, 5.41) is 8.57. The SMILES string of the molecule is Cc1ccc(C=CC(=O)O)cc1S(=O)(=O)NCCC(N)=O. The van der Waals surface area contributed by atoms with Crippen molar-refractivity contribution < 1.29 is 23.1 Å². The van der Waals surface area contributed by atoms with Crippen molar-refractivity contribution in [2.24, 2.45) is 5.73 Å². The van der Waals surface area contributed by atoms with Gasteiger partial charge in [-0.1, -0.05) is 12.1 Å². The average Bonchev–Trinajstić information content (AvgIpc) is 2.36. The van der Waals surface area contributed by atoms with Gasteiger partial charge in [-0.15, -0.1) is 0 Å². The minimum absolute atomic E-state index is 0.0273. The third-order valence-electron chi connectivity index (χ3n) is 2.58. The topological polar surface area (TPSA) is 127 Å². The van der Waals surface area contributed by atoms with E-state index in [-0.39, 0.29) is 17.9 Å². The molecule has 0 saturated carbocycles. The van der Waals surface area contributed by atoms with Gasteiger partial charge in [0.15, 0.2) is 0 Å². The molecule has 0 heterocycles. The normalized spacial score (nSPS) is 11.7. The van der Waals surface area contributed by atoms with Gasteiger partial charge in [-0.2, -0.15) is 0 Å². The van der Waals surface area contributed by atoms with Gasteiger partial charge in [0.1, 0.15) is 0 Å². The molecule has 114 valence electrons. The lowest BCUT2D eigenvalue weighted by atomic mass is 10.1. The Kier molecular flexibility index (Phi) is 5.62. The number of aryl methyl sites for hydroxylation is 1. The molecule has 1 aromatic rings. The van der Waals surface area contributed by atoms with Crippen LogP contribution in [0.3, 0.4) is 0 Å². The Morgan fingerprint density at radius 2 is 2.05 bits per heavy atom. The van der Waals surface area contributed by atoms with Gasteiger partial charge in [-0.3, -0.25) is 4.79 Å². The monoisotopic (exact) mass is 312 g/mol. The summed E-state index contributed by atoms with van der Waals surface area (Å²) < 4.78 is 26.5. The molecule has 0 atom stereocenters. The van der Waals surface area contributed by atoms with E-state index in [1.807, 2.05) is 0 Å². The van der Waals surface area contributed by atoms with E-state index in [1.54, 1.807) is 19.1 Å². The average molecular weight is 312 g/mol. The Balaban J connectivity index is 3.02. The standard InChI is InChI=1S/C13H16N2O5S/c1-9-2-3-10(4-5-13(17)18)8-11(9)21(19,20)15-7-6-12(14)16/h2-5,8,15H,6-7H2,1H3,(H2,14,16)(H,17,18). The molecule has 0 bridgehead atoms. The van der Waals surface area contributed by atoms with Crippen molar-refractivity contribution in [2.45, 2.75) is 18.2 Å². The number of hydrogen-bond donors (Lipinski definition) is 3. The molecule has 0 spiro atoms. The maximum absolute atomic E-state index is 12.1. The third-order valence-corrected chi connectivity index (χ3v) is 4.19. The first-order valence-electron chi connectivity index (χ1n) is 6.02. The van der Waals surface area contributed by atoms with E-state index in [0.29, 0.717) is 11.1 Å². The van der Waals surface area contributed by atoms with Crippen molar-refractivity contribution in [3.8, 4) is 0 Å². The number of sulfonamides is 1. The molecule has 0 aliphatic rings. The highest BCUT2D eigenvalue weighted by Gasteiger charge is 2.16. The molecule has 0 aliphatic carbocycles. The number of nitrogens with one attached hydrogen (secondary N) is 1. The van der Waals surface area contributed by atoms with E-state index < -0.39 is 21.9 Å². The van der Waals surface area contributed by atoms with E-state index >= 15 is 0 Å². The van der Waals surface area contributed by atoms with Crippen LogP contribution < -0.4 is 10.5 Å². The summed E-state index contributed by atoms with van der Waals surface area (Å²) in [5.41, 5.74) is 5.90. The van der Waals surface area contributed by atoms with Crippen LogP contribution in [0.15, 0.2) is 29.2 Å². The van der Waals surface area contributed by atoms with Gasteiger partial charge in [0, 0.05) is 19.0 Å². The molecule has 0 radical (unpaired) electrons. The minimum Gasteiger partial charge on any atom is -0.478 e. The maximum atomic E-state index is 12.1. The van der Waals surface area contributed by atoms with Crippen LogP contribution in [0.2, 0.25) is 0 Å². The van der Waals surface area contributed by atoms with Crippen molar-refractivity contribution in [1.82, 2.24) is 4.72 Å². The molecule has 1 amide bonds. The van der Waals surface area contributed by atoms with Crippen molar-refractivity contribution in [3.63, 3.8) is 0 Å². The molecular formula is C13H16N2O5S. The van der Waals surface area contributed by atoms with Crippen LogP contribution in [0, 0.1) is 6.92 Å². The third kappa shape index (κ3) is 5.36. The lowest BCUT2D eigenvalue weighted by Crippen LogP contribution is -2.28. The van der Waals surface area contributed by atoms with E-state index in [0.717, 1.165) is 6.08 Å². The number of benzene rings is 1. The van der Waals surface area contributed by atoms with Crippen LogP contribution in [0.4, 0.5) is 0 Å². The summed E-state index contributed by atoms with van der Waals surface area (Å²) in [6.07, 6.45) is 2.11. The summed E-state index contributed by atoms with van der Waals surface area (Å²) in [5.74, 6) is -1.73. The van der Waals surface area contributed by atoms with Gasteiger partial charge in [0.25, 0.3) is 0 Å². The summed E-state index contributed by atoms with van der Waals surface area (Å²) in [4.78, 5) is 21.1. The van der Waals surface area contributed by atoms with E-state index in [4.69, 9.17) is 10.8 Å². The lowest BCUT2D eigenvalue weighted by Gasteiger charge is -2.09. The summed E-state index contributed by atoms with van der Waals surface area (Å²) in [6, 6.07) is 4.54. The van der Waals surface area contributed by atoms with Gasteiger partial charge in [-0.05, 0) is 30.2 Å². The number of hydrogen-bond acceptors (Lipinski definition) is 4. The molecule has 1 aromatic carbocycles. The number of amides is 1. The lowest BCUT2D eigenvalue weighted by molar-refractivity contribution is -0.131. The van der Waals surface area contributed by atoms with Gasteiger partial charge in [-0.25, -0.2) is 17.9 Å². The molecule has 0 aliphatic heterocycles. The van der Waals surface area contributed by atoms with E-state index in [9.17, 15) is 18.0 Å². The Morgan fingerprint density at radius 3 is 2.62 bits per heavy atom. The Labute approximate surface area is 122 Å². The number of carbonyl (C=O) groups excluding carboxylic acids is 1. The van der Waals surface area contributed by atoms with Crippen LogP contribution >= 0.6 is 0 Å². The zero-order valence-corrected chi connectivity index (χ0v) is 12.2. The van der Waals surface area contributed by atoms with Crippen LogP contribution in [-0.2, 0) is 19.6 Å². The molecular weight excluding hydrogens is 296 g/mol. The zero-order valence-electron chi connectivity index (χ0n) is 11.4. The minimum atomic E-state index is -3.79. The molecule has 4 N–H and O–H groups in total. The largest absolute Gasteiger partial charge is 0.478 e.